The van der Waals surface area contributed by atoms with Gasteiger partial charge in [-0.15, -0.1) is 11.3 Å². The number of anilines is 1. The van der Waals surface area contributed by atoms with E-state index in [1.807, 2.05) is 31.2 Å². The summed E-state index contributed by atoms with van der Waals surface area (Å²) >= 11 is 1.80. The molecule has 3 N–H and O–H groups in total. The molecule has 0 saturated carbocycles. The van der Waals surface area contributed by atoms with Crippen LogP contribution >= 0.6 is 11.3 Å². The Kier molecular flexibility index (Phi) is 3.97. The van der Waals surface area contributed by atoms with Gasteiger partial charge in [0, 0.05) is 10.6 Å². The van der Waals surface area contributed by atoms with Crippen LogP contribution in [-0.2, 0) is 11.2 Å². The topological polar surface area (TPSA) is 55.1 Å². The van der Waals surface area contributed by atoms with Crippen LogP contribution in [0.1, 0.15) is 47.7 Å². The van der Waals surface area contributed by atoms with E-state index in [1.165, 1.54) is 10.4 Å². The van der Waals surface area contributed by atoms with Crippen molar-refractivity contribution in [2.75, 3.05) is 5.73 Å². The van der Waals surface area contributed by atoms with Crippen molar-refractivity contribution in [3.8, 4) is 0 Å². The minimum Gasteiger partial charge on any atom is -0.399 e. The first kappa shape index (κ1) is 14.1. The van der Waals surface area contributed by atoms with Gasteiger partial charge in [0.15, 0.2) is 0 Å². The highest BCUT2D eigenvalue weighted by Gasteiger charge is 2.25. The Bertz CT molecular complexity index is 650. The summed E-state index contributed by atoms with van der Waals surface area (Å²) in [7, 11) is 0. The summed E-state index contributed by atoms with van der Waals surface area (Å²) < 4.78 is 0. The molecule has 4 heteroatoms. The predicted molar refractivity (Wildman–Crippen MR) is 87.4 cm³/mol. The highest BCUT2D eigenvalue weighted by molar-refractivity contribution is 7.10. The number of rotatable bonds is 3. The molecule has 1 amide bonds. The van der Waals surface area contributed by atoms with Gasteiger partial charge in [-0.25, -0.2) is 0 Å². The smallest absolute Gasteiger partial charge is 0.227 e. The Morgan fingerprint density at radius 3 is 3.10 bits per heavy atom. The van der Waals surface area contributed by atoms with Gasteiger partial charge in [-0.05, 0) is 60.9 Å². The fourth-order valence-electron chi connectivity index (χ4n) is 2.91. The minimum absolute atomic E-state index is 0.0737. The Hall–Kier alpha value is -1.81. The van der Waals surface area contributed by atoms with Crippen LogP contribution < -0.4 is 11.1 Å². The van der Waals surface area contributed by atoms with Crippen molar-refractivity contribution < 1.29 is 4.79 Å². The monoisotopic (exact) mass is 300 g/mol. The van der Waals surface area contributed by atoms with Crippen molar-refractivity contribution in [1.82, 2.24) is 5.32 Å². The summed E-state index contributed by atoms with van der Waals surface area (Å²) in [5.41, 5.74) is 8.77. The van der Waals surface area contributed by atoms with Crippen LogP contribution in [-0.4, -0.2) is 5.91 Å². The molecule has 110 valence electrons. The third kappa shape index (κ3) is 2.95. The molecule has 1 aromatic carbocycles. The number of amides is 1. The van der Waals surface area contributed by atoms with Crippen LogP contribution in [0.15, 0.2) is 35.7 Å². The molecule has 1 heterocycles. The van der Waals surface area contributed by atoms with Crippen LogP contribution in [0.3, 0.4) is 0 Å². The fourth-order valence-corrected chi connectivity index (χ4v) is 3.90. The molecular formula is C17H20N2OS. The maximum absolute atomic E-state index is 12.5. The van der Waals surface area contributed by atoms with E-state index in [0.717, 1.165) is 24.8 Å². The Morgan fingerprint density at radius 1 is 1.43 bits per heavy atom. The third-order valence-electron chi connectivity index (χ3n) is 4.17. The van der Waals surface area contributed by atoms with Gasteiger partial charge < -0.3 is 11.1 Å². The number of aryl methyl sites for hydroxylation is 1. The molecule has 21 heavy (non-hydrogen) atoms. The second kappa shape index (κ2) is 5.90. The average molecular weight is 300 g/mol. The Morgan fingerprint density at radius 2 is 2.29 bits per heavy atom. The lowest BCUT2D eigenvalue weighted by Crippen LogP contribution is -2.33. The molecule has 0 bridgehead atoms. The third-order valence-corrected chi connectivity index (χ3v) is 5.17. The predicted octanol–water partition coefficient (Wildman–Crippen LogP) is 3.63. The quantitative estimate of drug-likeness (QED) is 0.851. The second-order valence-electron chi connectivity index (χ2n) is 5.64. The van der Waals surface area contributed by atoms with Gasteiger partial charge in [-0.2, -0.15) is 0 Å². The van der Waals surface area contributed by atoms with E-state index in [9.17, 15) is 4.79 Å². The summed E-state index contributed by atoms with van der Waals surface area (Å²) in [5.74, 6) is -0.109. The van der Waals surface area contributed by atoms with E-state index in [1.54, 1.807) is 11.3 Å². The van der Waals surface area contributed by atoms with E-state index in [2.05, 4.69) is 16.8 Å². The van der Waals surface area contributed by atoms with Crippen LogP contribution in [0.4, 0.5) is 5.69 Å². The number of thiophene rings is 1. The molecule has 0 radical (unpaired) electrons. The average Bonchev–Trinajstić information content (AvgIpc) is 2.96. The van der Waals surface area contributed by atoms with Crippen molar-refractivity contribution >= 4 is 22.9 Å². The van der Waals surface area contributed by atoms with Gasteiger partial charge >= 0.3 is 0 Å². The van der Waals surface area contributed by atoms with Gasteiger partial charge in [0.25, 0.3) is 0 Å². The molecule has 1 aliphatic carbocycles. The first-order valence-electron chi connectivity index (χ1n) is 7.37. The Labute approximate surface area is 129 Å². The van der Waals surface area contributed by atoms with Crippen molar-refractivity contribution in [3.05, 3.63) is 51.7 Å². The Balaban J connectivity index is 1.73. The lowest BCUT2D eigenvalue weighted by Gasteiger charge is -2.25. The molecule has 0 spiro atoms. The number of hydrogen-bond donors (Lipinski definition) is 2. The van der Waals surface area contributed by atoms with Crippen molar-refractivity contribution in [1.29, 1.82) is 0 Å². The zero-order chi connectivity index (χ0) is 14.8. The number of nitrogens with one attached hydrogen (secondary N) is 1. The fraction of sp³-hybridized carbons (Fsp3) is 0.353. The molecule has 3 nitrogen and oxygen atoms in total. The number of hydrogen-bond acceptors (Lipinski definition) is 3. The number of carbonyl (C=O) groups excluding carboxylic acids is 1. The normalized spacial score (nSPS) is 18.8. The number of carbonyl (C=O) groups is 1. The minimum atomic E-state index is -0.183. The van der Waals surface area contributed by atoms with E-state index >= 15 is 0 Å². The molecule has 2 unspecified atom stereocenters. The molecule has 2 atom stereocenters. The molecule has 0 fully saturated rings. The highest BCUT2D eigenvalue weighted by atomic mass is 32.1. The largest absolute Gasteiger partial charge is 0.399 e. The van der Waals surface area contributed by atoms with Crippen LogP contribution in [0, 0.1) is 0 Å². The zero-order valence-electron chi connectivity index (χ0n) is 12.1. The maximum Gasteiger partial charge on any atom is 0.227 e. The summed E-state index contributed by atoms with van der Waals surface area (Å²) in [4.78, 5) is 13.9. The highest BCUT2D eigenvalue weighted by Crippen LogP contribution is 2.33. The van der Waals surface area contributed by atoms with E-state index < -0.39 is 0 Å². The van der Waals surface area contributed by atoms with Gasteiger partial charge in [-0.1, -0.05) is 12.1 Å². The van der Waals surface area contributed by atoms with Gasteiger partial charge in [-0.3, -0.25) is 4.79 Å². The number of nitrogen functional groups attached to an aromatic ring is 1. The molecule has 0 aliphatic heterocycles. The number of benzene rings is 1. The standard InChI is InChI=1S/C17H20N2OS/c1-11(12-4-2-5-13(18)10-12)17(20)19-15-6-3-7-16-14(15)8-9-21-16/h2,4-5,8-11,15H,3,6-7,18H2,1H3,(H,19,20). The lowest BCUT2D eigenvalue weighted by molar-refractivity contribution is -0.123. The van der Waals surface area contributed by atoms with E-state index in [-0.39, 0.29) is 17.9 Å². The van der Waals surface area contributed by atoms with E-state index in [4.69, 9.17) is 5.73 Å². The van der Waals surface area contributed by atoms with Crippen molar-refractivity contribution in [2.24, 2.45) is 0 Å². The summed E-state index contributed by atoms with van der Waals surface area (Å²) in [5, 5.41) is 5.33. The molecular weight excluding hydrogens is 280 g/mol. The van der Waals surface area contributed by atoms with Crippen LogP contribution in [0.2, 0.25) is 0 Å². The molecule has 3 rings (SSSR count). The SMILES string of the molecule is CC(C(=O)NC1CCCc2sccc21)c1cccc(N)c1. The molecule has 1 aliphatic rings. The zero-order valence-corrected chi connectivity index (χ0v) is 13.0. The van der Waals surface area contributed by atoms with E-state index in [0.29, 0.717) is 5.69 Å². The van der Waals surface area contributed by atoms with Gasteiger partial charge in [0.05, 0.1) is 12.0 Å². The molecule has 1 aromatic heterocycles. The molecule has 0 saturated heterocycles. The van der Waals surface area contributed by atoms with Gasteiger partial charge in [0.2, 0.25) is 5.91 Å². The lowest BCUT2D eigenvalue weighted by atomic mass is 9.92. The number of nitrogens with two attached hydrogens (primary N) is 1. The second-order valence-corrected chi connectivity index (χ2v) is 6.64. The van der Waals surface area contributed by atoms with Crippen LogP contribution in [0.25, 0.3) is 0 Å². The molecule has 2 aromatic rings. The summed E-state index contributed by atoms with van der Waals surface area (Å²) in [6, 6.07) is 9.88. The summed E-state index contributed by atoms with van der Waals surface area (Å²) in [6.45, 7) is 1.93. The first-order chi connectivity index (χ1) is 10.1. The van der Waals surface area contributed by atoms with Crippen molar-refractivity contribution in [3.63, 3.8) is 0 Å². The van der Waals surface area contributed by atoms with Crippen molar-refractivity contribution in [2.45, 2.75) is 38.1 Å². The first-order valence-corrected chi connectivity index (χ1v) is 8.25. The summed E-state index contributed by atoms with van der Waals surface area (Å²) in [6.07, 6.45) is 3.31. The maximum atomic E-state index is 12.5. The number of fused-ring (bicyclic) bond motifs is 1. The van der Waals surface area contributed by atoms with Crippen LogP contribution in [0.5, 0.6) is 0 Å². The van der Waals surface area contributed by atoms with Gasteiger partial charge in [0.1, 0.15) is 0 Å².